The predicted molar refractivity (Wildman–Crippen MR) is 78.9 cm³/mol. The molecule has 0 radical (unpaired) electrons. The number of amides is 1. The van der Waals surface area contributed by atoms with E-state index in [1.165, 1.54) is 16.9 Å². The Morgan fingerprint density at radius 1 is 1.48 bits per heavy atom. The first-order valence-electron chi connectivity index (χ1n) is 7.23. The number of carbonyl (C=O) groups is 1. The zero-order chi connectivity index (χ0) is 15.7. The highest BCUT2D eigenvalue weighted by Gasteiger charge is 2.11. The molecule has 0 unspecified atom stereocenters. The summed E-state index contributed by atoms with van der Waals surface area (Å²) in [6.07, 6.45) is 2.69. The molecule has 0 aliphatic carbocycles. The van der Waals surface area contributed by atoms with Crippen LogP contribution >= 0.6 is 0 Å². The van der Waals surface area contributed by atoms with Gasteiger partial charge < -0.3 is 20.3 Å². The summed E-state index contributed by atoms with van der Waals surface area (Å²) in [6.45, 7) is 8.23. The van der Waals surface area contributed by atoms with Crippen LogP contribution in [0.3, 0.4) is 0 Å². The highest BCUT2D eigenvalue weighted by atomic mass is 16.6. The number of aryl methyl sites for hydroxylation is 1. The molecule has 1 aromatic rings. The minimum atomic E-state index is -0.552. The number of nitrogens with zero attached hydrogens (tertiary/aromatic N) is 4. The van der Waals surface area contributed by atoms with E-state index in [9.17, 15) is 14.9 Å². The van der Waals surface area contributed by atoms with Gasteiger partial charge in [0.15, 0.2) is 0 Å². The molecule has 1 N–H and O–H groups in total. The second-order valence-corrected chi connectivity index (χ2v) is 4.67. The zero-order valence-corrected chi connectivity index (χ0v) is 12.6. The van der Waals surface area contributed by atoms with Gasteiger partial charge in [0.05, 0.1) is 23.9 Å². The van der Waals surface area contributed by atoms with Crippen LogP contribution < -0.4 is 5.32 Å². The van der Waals surface area contributed by atoms with E-state index in [1.807, 2.05) is 0 Å². The third-order valence-electron chi connectivity index (χ3n) is 3.25. The smallest absolute Gasteiger partial charge is 0.358 e. The van der Waals surface area contributed by atoms with Crippen LogP contribution in [-0.2, 0) is 11.3 Å². The lowest BCUT2D eigenvalue weighted by molar-refractivity contribution is -0.389. The van der Waals surface area contributed by atoms with Gasteiger partial charge in [-0.2, -0.15) is 4.68 Å². The molecule has 0 bridgehead atoms. The SMILES string of the molecule is CCN(CC)CCCNC(=O)CCn1ccc([N+](=O)[O-])n1. The van der Waals surface area contributed by atoms with Gasteiger partial charge in [-0.05, 0) is 31.0 Å². The molecule has 1 rings (SSSR count). The summed E-state index contributed by atoms with van der Waals surface area (Å²) in [4.78, 5) is 23.9. The second kappa shape index (κ2) is 9.06. The fraction of sp³-hybridized carbons (Fsp3) is 0.692. The number of carbonyl (C=O) groups excluding carboxylic acids is 1. The maximum Gasteiger partial charge on any atom is 0.389 e. The van der Waals surface area contributed by atoms with Crippen molar-refractivity contribution in [3.63, 3.8) is 0 Å². The van der Waals surface area contributed by atoms with Crippen molar-refractivity contribution < 1.29 is 9.72 Å². The number of nitrogens with one attached hydrogen (secondary N) is 1. The number of nitro groups is 1. The van der Waals surface area contributed by atoms with Crippen LogP contribution in [0.25, 0.3) is 0 Å². The predicted octanol–water partition coefficient (Wildman–Crippen LogP) is 1.03. The minimum Gasteiger partial charge on any atom is -0.358 e. The lowest BCUT2D eigenvalue weighted by atomic mass is 10.3. The van der Waals surface area contributed by atoms with Gasteiger partial charge in [-0.15, -0.1) is 0 Å². The molecule has 1 amide bonds. The monoisotopic (exact) mass is 297 g/mol. The van der Waals surface area contributed by atoms with E-state index < -0.39 is 4.92 Å². The fourth-order valence-corrected chi connectivity index (χ4v) is 1.95. The van der Waals surface area contributed by atoms with Crippen LogP contribution in [0.5, 0.6) is 0 Å². The quantitative estimate of drug-likeness (QED) is 0.395. The van der Waals surface area contributed by atoms with Crippen LogP contribution in [0.1, 0.15) is 26.7 Å². The first-order valence-corrected chi connectivity index (χ1v) is 7.23. The Morgan fingerprint density at radius 3 is 2.76 bits per heavy atom. The average Bonchev–Trinajstić information content (AvgIpc) is 2.94. The number of hydrogen-bond donors (Lipinski definition) is 1. The Bertz CT molecular complexity index is 456. The highest BCUT2D eigenvalue weighted by molar-refractivity contribution is 5.75. The molecule has 8 heteroatoms. The van der Waals surface area contributed by atoms with Gasteiger partial charge in [0.25, 0.3) is 0 Å². The molecule has 0 aliphatic heterocycles. The Hall–Kier alpha value is -1.96. The van der Waals surface area contributed by atoms with E-state index >= 15 is 0 Å². The summed E-state index contributed by atoms with van der Waals surface area (Å²) >= 11 is 0. The third kappa shape index (κ3) is 6.35. The van der Waals surface area contributed by atoms with Gasteiger partial charge in [-0.3, -0.25) is 4.79 Å². The molecular weight excluding hydrogens is 274 g/mol. The van der Waals surface area contributed by atoms with Gasteiger partial charge in [0.1, 0.15) is 0 Å². The summed E-state index contributed by atoms with van der Waals surface area (Å²) in [5.74, 6) is -0.262. The summed E-state index contributed by atoms with van der Waals surface area (Å²) in [5, 5.41) is 17.1. The van der Waals surface area contributed by atoms with Gasteiger partial charge in [-0.25, -0.2) is 0 Å². The Kier molecular flexibility index (Phi) is 7.38. The molecule has 118 valence electrons. The maximum absolute atomic E-state index is 11.6. The summed E-state index contributed by atoms with van der Waals surface area (Å²) in [7, 11) is 0. The molecule has 0 aromatic carbocycles. The Labute approximate surface area is 124 Å². The highest BCUT2D eigenvalue weighted by Crippen LogP contribution is 2.05. The van der Waals surface area contributed by atoms with Crippen molar-refractivity contribution in [1.82, 2.24) is 20.0 Å². The Morgan fingerprint density at radius 2 is 2.19 bits per heavy atom. The maximum atomic E-state index is 11.6. The number of aromatic nitrogens is 2. The van der Waals surface area contributed by atoms with E-state index in [0.717, 1.165) is 26.1 Å². The summed E-state index contributed by atoms with van der Waals surface area (Å²) < 4.78 is 1.41. The molecule has 0 fully saturated rings. The molecule has 0 aliphatic rings. The van der Waals surface area contributed by atoms with E-state index in [4.69, 9.17) is 0 Å². The largest absolute Gasteiger partial charge is 0.389 e. The van der Waals surface area contributed by atoms with Gasteiger partial charge in [0, 0.05) is 13.0 Å². The first-order chi connectivity index (χ1) is 10.1. The van der Waals surface area contributed by atoms with Crippen molar-refractivity contribution in [3.8, 4) is 0 Å². The lowest BCUT2D eigenvalue weighted by Gasteiger charge is -2.17. The van der Waals surface area contributed by atoms with Crippen LogP contribution in [0.15, 0.2) is 12.3 Å². The van der Waals surface area contributed by atoms with Crippen LogP contribution in [-0.4, -0.2) is 51.7 Å². The third-order valence-corrected chi connectivity index (χ3v) is 3.25. The first kappa shape index (κ1) is 17.1. The summed E-state index contributed by atoms with van der Waals surface area (Å²) in [6, 6.07) is 1.32. The van der Waals surface area contributed by atoms with Crippen molar-refractivity contribution in [1.29, 1.82) is 0 Å². The molecular formula is C13H23N5O3. The van der Waals surface area contributed by atoms with E-state index in [1.54, 1.807) is 0 Å². The molecule has 0 saturated heterocycles. The van der Waals surface area contributed by atoms with Crippen molar-refractivity contribution in [2.45, 2.75) is 33.2 Å². The number of hydrogen-bond acceptors (Lipinski definition) is 5. The van der Waals surface area contributed by atoms with Crippen molar-refractivity contribution in [2.24, 2.45) is 0 Å². The molecule has 21 heavy (non-hydrogen) atoms. The zero-order valence-electron chi connectivity index (χ0n) is 12.6. The average molecular weight is 297 g/mol. The topological polar surface area (TPSA) is 93.3 Å². The molecule has 1 aromatic heterocycles. The molecule has 1 heterocycles. The van der Waals surface area contributed by atoms with E-state index in [2.05, 4.69) is 29.2 Å². The van der Waals surface area contributed by atoms with Crippen LogP contribution in [0, 0.1) is 10.1 Å². The fourth-order valence-electron chi connectivity index (χ4n) is 1.95. The molecule has 0 spiro atoms. The van der Waals surface area contributed by atoms with Gasteiger partial charge >= 0.3 is 5.82 Å². The van der Waals surface area contributed by atoms with Crippen molar-refractivity contribution >= 4 is 11.7 Å². The van der Waals surface area contributed by atoms with Gasteiger partial charge in [0.2, 0.25) is 5.91 Å². The van der Waals surface area contributed by atoms with E-state index in [0.29, 0.717) is 13.1 Å². The Balaban J connectivity index is 2.17. The second-order valence-electron chi connectivity index (χ2n) is 4.67. The molecule has 0 saturated carbocycles. The van der Waals surface area contributed by atoms with Crippen LogP contribution in [0.2, 0.25) is 0 Å². The summed E-state index contributed by atoms with van der Waals surface area (Å²) in [5.41, 5.74) is 0. The van der Waals surface area contributed by atoms with Crippen molar-refractivity contribution in [3.05, 3.63) is 22.4 Å². The van der Waals surface area contributed by atoms with Crippen LogP contribution in [0.4, 0.5) is 5.82 Å². The van der Waals surface area contributed by atoms with Crippen molar-refractivity contribution in [2.75, 3.05) is 26.2 Å². The molecule has 8 nitrogen and oxygen atoms in total. The number of rotatable bonds is 10. The van der Waals surface area contributed by atoms with Gasteiger partial charge in [-0.1, -0.05) is 13.8 Å². The normalized spacial score (nSPS) is 10.8. The molecule has 0 atom stereocenters. The minimum absolute atomic E-state index is 0.0623. The lowest BCUT2D eigenvalue weighted by Crippen LogP contribution is -2.30. The van der Waals surface area contributed by atoms with E-state index in [-0.39, 0.29) is 18.1 Å². The standard InChI is InChI=1S/C13H23N5O3/c1-3-16(4-2)9-5-8-14-13(19)7-11-17-10-6-12(15-17)18(20)21/h6,10H,3-5,7-9,11H2,1-2H3,(H,14,19).